The largest absolute Gasteiger partial charge is 0.361 e. The number of anilines is 4. The second-order valence-electron chi connectivity index (χ2n) is 25.2. The summed E-state index contributed by atoms with van der Waals surface area (Å²) in [5.74, 6) is -0.759. The Morgan fingerprint density at radius 3 is 1.23 bits per heavy atom. The summed E-state index contributed by atoms with van der Waals surface area (Å²) in [5, 5.41) is 10.9. The fraction of sp³-hybridized carbons (Fsp3) is 0.0222. The van der Waals surface area contributed by atoms with Gasteiger partial charge in [0.25, 0.3) is 0 Å². The van der Waals surface area contributed by atoms with Crippen LogP contribution in [0.25, 0.3) is 144 Å². The molecule has 0 spiro atoms. The van der Waals surface area contributed by atoms with Crippen LogP contribution in [0.1, 0.15) is 0 Å². The number of carbonyl (C=O) groups excluding carboxylic acids is 4. The standard InChI is InChI=1S/C24H18N4O.C23H19N3O.C22H18N4O.C21H16N4O/c1-2-22(29)28-18-7-3-6-16(11-18)17-12-20-21(14-27-24(20)26-13-17)19-8-4-5-15-9-10-25-23(15)19;1-3-22(27)26(2)19-11-7-10-17(12-19)18-13-20-21(15-25-23(20)24-14-18)16-8-5-4-6-9-16;1-3-21(27)26(2)18-6-4-5-16(11-18)17-12-19-20(14-25-22(19)24-13-17)15-7-9-23-10-8-15;1-2-20(26)25-16-7-5-6-14(10-16)15-11-17-18(13-24-21(17)23-12-15)19-8-3-4-9-22-19/h2-14,25H,1H2,(H,26,27)(H,28,29);3-15H,1H2,2H3,(H,24,25);3-14H,1H2,2H3,(H,24,25);2-13H,1H2,(H,23,24)(H,25,26). The average molecular weight is 1430 g/mol. The number of aromatic amines is 5. The van der Waals surface area contributed by atoms with Crippen LogP contribution in [-0.2, 0) is 19.2 Å². The van der Waals surface area contributed by atoms with E-state index in [0.717, 1.165) is 156 Å². The van der Waals surface area contributed by atoms with Crippen molar-refractivity contribution in [3.05, 3.63) is 331 Å². The van der Waals surface area contributed by atoms with Crippen LogP contribution in [0.2, 0.25) is 0 Å². The van der Waals surface area contributed by atoms with E-state index in [1.165, 1.54) is 29.7 Å². The third-order valence-electron chi connectivity index (χ3n) is 18.5. The Morgan fingerprint density at radius 1 is 0.349 bits per heavy atom. The van der Waals surface area contributed by atoms with Crippen molar-refractivity contribution >= 4 is 101 Å². The average Bonchev–Trinajstić information content (AvgIpc) is 1.66. The predicted octanol–water partition coefficient (Wildman–Crippen LogP) is 19.4. The molecule has 530 valence electrons. The fourth-order valence-electron chi connectivity index (χ4n) is 12.8. The zero-order valence-corrected chi connectivity index (χ0v) is 59.4. The number of fused-ring (bicyclic) bond motifs is 5. The lowest BCUT2D eigenvalue weighted by Gasteiger charge is -2.16. The monoisotopic (exact) mass is 1430 g/mol. The maximum atomic E-state index is 11.9. The second kappa shape index (κ2) is 32.2. The molecule has 0 unspecified atom stereocenters. The number of pyridine rings is 6. The summed E-state index contributed by atoms with van der Waals surface area (Å²) >= 11 is 0. The van der Waals surface area contributed by atoms with Crippen LogP contribution in [0.5, 0.6) is 0 Å². The number of hydrogen-bond acceptors (Lipinski definition) is 10. The number of H-pyrrole nitrogens is 5. The lowest BCUT2D eigenvalue weighted by molar-refractivity contribution is -0.114. The van der Waals surface area contributed by atoms with Crippen LogP contribution in [0.4, 0.5) is 22.7 Å². The summed E-state index contributed by atoms with van der Waals surface area (Å²) in [6.07, 6.45) is 27.6. The van der Waals surface area contributed by atoms with E-state index in [1.807, 2.05) is 201 Å². The van der Waals surface area contributed by atoms with Gasteiger partial charge < -0.3 is 45.4 Å². The molecule has 19 heteroatoms. The van der Waals surface area contributed by atoms with Gasteiger partial charge in [-0.25, -0.2) is 19.9 Å². The van der Waals surface area contributed by atoms with Gasteiger partial charge in [0.1, 0.15) is 22.6 Å². The minimum absolute atomic E-state index is 0.141. The van der Waals surface area contributed by atoms with Crippen molar-refractivity contribution in [2.45, 2.75) is 0 Å². The summed E-state index contributed by atoms with van der Waals surface area (Å²) in [5.41, 5.74) is 23.9. The van der Waals surface area contributed by atoms with Gasteiger partial charge in [0.05, 0.1) is 11.2 Å². The first-order chi connectivity index (χ1) is 53.3. The number of amides is 4. The first kappa shape index (κ1) is 70.8. The number of carbonyl (C=O) groups is 4. The van der Waals surface area contributed by atoms with E-state index in [9.17, 15) is 19.2 Å². The second-order valence-corrected chi connectivity index (χ2v) is 25.2. The third-order valence-corrected chi connectivity index (χ3v) is 18.5. The van der Waals surface area contributed by atoms with Crippen molar-refractivity contribution in [2.24, 2.45) is 0 Å². The van der Waals surface area contributed by atoms with Crippen LogP contribution >= 0.6 is 0 Å². The molecule has 0 aliphatic carbocycles. The van der Waals surface area contributed by atoms with Crippen molar-refractivity contribution in [3.63, 3.8) is 0 Å². The van der Waals surface area contributed by atoms with Crippen LogP contribution in [0.3, 0.4) is 0 Å². The molecule has 0 saturated heterocycles. The number of aromatic nitrogens is 11. The zero-order chi connectivity index (χ0) is 75.3. The summed E-state index contributed by atoms with van der Waals surface area (Å²) < 4.78 is 0. The molecule has 0 saturated carbocycles. The predicted molar refractivity (Wildman–Crippen MR) is 440 cm³/mol. The van der Waals surface area contributed by atoms with Gasteiger partial charge in [-0.3, -0.25) is 29.1 Å². The van der Waals surface area contributed by atoms with Gasteiger partial charge in [-0.15, -0.1) is 0 Å². The summed E-state index contributed by atoms with van der Waals surface area (Å²) in [7, 11) is 3.47. The van der Waals surface area contributed by atoms with Gasteiger partial charge in [-0.05, 0) is 166 Å². The molecule has 109 heavy (non-hydrogen) atoms. The molecule has 17 aromatic rings. The first-order valence-corrected chi connectivity index (χ1v) is 34.7. The Labute approximate surface area is 626 Å². The van der Waals surface area contributed by atoms with E-state index < -0.39 is 0 Å². The molecule has 11 aromatic heterocycles. The minimum Gasteiger partial charge on any atom is -0.361 e. The maximum Gasteiger partial charge on any atom is 0.250 e. The Balaban J connectivity index is 0.000000121. The van der Waals surface area contributed by atoms with E-state index >= 15 is 0 Å². The van der Waals surface area contributed by atoms with Crippen LogP contribution in [-0.4, -0.2) is 92.5 Å². The number of hydrogen-bond donors (Lipinski definition) is 7. The molecule has 0 aliphatic rings. The molecule has 0 radical (unpaired) electrons. The SMILES string of the molecule is C=CC(=O)N(C)c1cccc(-c2cnc3[nH]cc(-c4ccccc4)c3c2)c1.C=CC(=O)N(C)c1cccc(-c2cnc3[nH]cc(-c4ccncc4)c3c2)c1.C=CC(=O)Nc1cccc(-c2cnc3[nH]cc(-c4cccc5cc[nH]c45)c3c2)c1.C=CC(=O)Nc1cccc(-c2cnc3[nH]cc(-c4ccccn4)c3c2)c1. The fourth-order valence-corrected chi connectivity index (χ4v) is 12.8. The van der Waals surface area contributed by atoms with E-state index in [1.54, 1.807) is 42.5 Å². The number of nitrogens with zero attached hydrogens (tertiary/aromatic N) is 8. The molecule has 17 rings (SSSR count). The van der Waals surface area contributed by atoms with Gasteiger partial charge in [-0.2, -0.15) is 0 Å². The number of rotatable bonds is 16. The van der Waals surface area contributed by atoms with Crippen molar-refractivity contribution in [2.75, 3.05) is 34.5 Å². The normalized spacial score (nSPS) is 10.8. The summed E-state index contributed by atoms with van der Waals surface area (Å²) in [6.45, 7) is 14.1. The highest BCUT2D eigenvalue weighted by Crippen LogP contribution is 2.38. The van der Waals surface area contributed by atoms with E-state index in [-0.39, 0.29) is 23.6 Å². The Hall–Kier alpha value is -15.2. The lowest BCUT2D eigenvalue weighted by Crippen LogP contribution is -2.23. The number of para-hydroxylation sites is 1. The van der Waals surface area contributed by atoms with Crippen molar-refractivity contribution in [1.82, 2.24) is 54.8 Å². The van der Waals surface area contributed by atoms with E-state index in [4.69, 9.17) is 0 Å². The highest BCUT2D eigenvalue weighted by molar-refractivity contribution is 6.06. The molecule has 0 atom stereocenters. The molecule has 19 nitrogen and oxygen atoms in total. The van der Waals surface area contributed by atoms with E-state index in [0.29, 0.717) is 5.69 Å². The van der Waals surface area contributed by atoms with Crippen LogP contribution < -0.4 is 20.4 Å². The third kappa shape index (κ3) is 15.7. The molecule has 0 aliphatic heterocycles. The van der Waals surface area contributed by atoms with Crippen molar-refractivity contribution < 1.29 is 19.2 Å². The molecule has 4 amide bonds. The smallest absolute Gasteiger partial charge is 0.250 e. The number of benzene rings is 6. The Morgan fingerprint density at radius 2 is 0.761 bits per heavy atom. The Kier molecular flexibility index (Phi) is 20.9. The van der Waals surface area contributed by atoms with Crippen LogP contribution in [0, 0.1) is 0 Å². The van der Waals surface area contributed by atoms with Gasteiger partial charge in [-0.1, -0.05) is 129 Å². The lowest BCUT2D eigenvalue weighted by atomic mass is 10.0. The number of nitrogens with one attached hydrogen (secondary N) is 7. The quantitative estimate of drug-likeness (QED) is 0.0450. The highest BCUT2D eigenvalue weighted by atomic mass is 16.2. The number of likely N-dealkylation sites (N-methyl/N-ethyl adjacent to an activating group) is 2. The van der Waals surface area contributed by atoms with E-state index in [2.05, 4.69) is 152 Å². The molecular formula is C90H71N15O4. The molecule has 6 aromatic carbocycles. The summed E-state index contributed by atoms with van der Waals surface area (Å²) in [4.78, 5) is 93.1. The first-order valence-electron chi connectivity index (χ1n) is 34.7. The minimum atomic E-state index is -0.237. The van der Waals surface area contributed by atoms with Gasteiger partial charge in [0, 0.05) is 183 Å². The maximum absolute atomic E-state index is 11.9. The molecule has 0 bridgehead atoms. The summed E-state index contributed by atoms with van der Waals surface area (Å²) in [6, 6.07) is 67.8. The zero-order valence-electron chi connectivity index (χ0n) is 59.4. The Bertz CT molecular complexity index is 6070. The van der Waals surface area contributed by atoms with Gasteiger partial charge in [0.15, 0.2) is 0 Å². The molecule has 11 heterocycles. The highest BCUT2D eigenvalue weighted by Gasteiger charge is 2.18. The topological polar surface area (TPSA) is 255 Å². The van der Waals surface area contributed by atoms with Crippen molar-refractivity contribution in [3.8, 4) is 89.1 Å². The van der Waals surface area contributed by atoms with Gasteiger partial charge >= 0.3 is 0 Å². The molecular weight excluding hydrogens is 1360 g/mol. The van der Waals surface area contributed by atoms with Crippen LogP contribution in [0.15, 0.2) is 331 Å². The molecule has 7 N–H and O–H groups in total. The molecule has 0 fully saturated rings. The van der Waals surface area contributed by atoms with Crippen molar-refractivity contribution in [1.29, 1.82) is 0 Å². The van der Waals surface area contributed by atoms with Gasteiger partial charge in [0.2, 0.25) is 23.6 Å².